The minimum absolute atomic E-state index is 0.0981. The van der Waals surface area contributed by atoms with Crippen molar-refractivity contribution in [2.24, 2.45) is 7.05 Å². The molecule has 0 spiro atoms. The Hall–Kier alpha value is -1.73. The van der Waals surface area contributed by atoms with Crippen LogP contribution < -0.4 is 5.32 Å². The third kappa shape index (κ3) is 4.14. The molecule has 1 N–H and O–H groups in total. The summed E-state index contributed by atoms with van der Waals surface area (Å²) in [4.78, 5) is 10.4. The highest BCUT2D eigenvalue weighted by Gasteiger charge is 2.08. The highest BCUT2D eigenvalue weighted by Crippen LogP contribution is 2.21. The number of aromatic nitrogens is 2. The molecule has 1 aromatic heterocycles. The zero-order valence-corrected chi connectivity index (χ0v) is 12.6. The number of hydrogen-bond donors (Lipinski definition) is 1. The van der Waals surface area contributed by atoms with Gasteiger partial charge < -0.3 is 5.32 Å². The Balaban J connectivity index is 1.86. The van der Waals surface area contributed by atoms with Gasteiger partial charge in [0.25, 0.3) is 5.69 Å². The van der Waals surface area contributed by atoms with Crippen LogP contribution in [0.25, 0.3) is 0 Å². The Labute approximate surface area is 125 Å². The first kappa shape index (κ1) is 14.7. The molecule has 0 aliphatic rings. The zero-order valence-electron chi connectivity index (χ0n) is 11.0. The Morgan fingerprint density at radius 1 is 1.45 bits per heavy atom. The topological polar surface area (TPSA) is 73.0 Å². The molecule has 6 nitrogen and oxygen atoms in total. The second-order valence-corrected chi connectivity index (χ2v) is 5.40. The molecule has 0 amide bonds. The van der Waals surface area contributed by atoms with Gasteiger partial charge in [-0.3, -0.25) is 14.8 Å². The second-order valence-electron chi connectivity index (χ2n) is 4.48. The quantitative estimate of drug-likeness (QED) is 0.498. The third-order valence-corrected chi connectivity index (χ3v) is 3.27. The van der Waals surface area contributed by atoms with Gasteiger partial charge in [-0.1, -0.05) is 15.9 Å². The van der Waals surface area contributed by atoms with Crippen LogP contribution >= 0.6 is 15.9 Å². The van der Waals surface area contributed by atoms with Crippen molar-refractivity contribution in [1.29, 1.82) is 0 Å². The predicted molar refractivity (Wildman–Crippen MR) is 79.4 cm³/mol. The van der Waals surface area contributed by atoms with Gasteiger partial charge in [-0.05, 0) is 17.7 Å². The number of nitrogens with zero attached hydrogens (tertiary/aromatic N) is 3. The molecule has 106 valence electrons. The number of halogens is 1. The van der Waals surface area contributed by atoms with Crippen LogP contribution in [-0.4, -0.2) is 21.2 Å². The molecular weight excluding hydrogens is 324 g/mol. The zero-order chi connectivity index (χ0) is 14.5. The Kier molecular flexibility index (Phi) is 4.86. The second kappa shape index (κ2) is 6.62. The molecule has 2 rings (SSSR count). The van der Waals surface area contributed by atoms with Gasteiger partial charge in [0.15, 0.2) is 0 Å². The largest absolute Gasteiger partial charge is 0.312 e. The number of benzene rings is 1. The lowest BCUT2D eigenvalue weighted by Gasteiger charge is -2.05. The first-order chi connectivity index (χ1) is 9.54. The number of rotatable bonds is 6. The lowest BCUT2D eigenvalue weighted by Crippen LogP contribution is -2.17. The van der Waals surface area contributed by atoms with E-state index in [9.17, 15) is 10.1 Å². The molecule has 0 radical (unpaired) electrons. The molecule has 20 heavy (non-hydrogen) atoms. The molecule has 0 saturated heterocycles. The Morgan fingerprint density at radius 2 is 2.25 bits per heavy atom. The molecule has 0 saturated carbocycles. The van der Waals surface area contributed by atoms with E-state index in [-0.39, 0.29) is 10.6 Å². The third-order valence-electron chi connectivity index (χ3n) is 2.81. The lowest BCUT2D eigenvalue weighted by atomic mass is 10.2. The van der Waals surface area contributed by atoms with E-state index in [4.69, 9.17) is 0 Å². The van der Waals surface area contributed by atoms with Gasteiger partial charge in [-0.25, -0.2) is 0 Å². The van der Waals surface area contributed by atoms with Crippen LogP contribution in [0.3, 0.4) is 0 Å². The smallest absolute Gasteiger partial charge is 0.270 e. The summed E-state index contributed by atoms with van der Waals surface area (Å²) in [7, 11) is 1.89. The molecule has 1 aromatic carbocycles. The molecule has 0 fully saturated rings. The van der Waals surface area contributed by atoms with Gasteiger partial charge in [0, 0.05) is 49.4 Å². The van der Waals surface area contributed by atoms with E-state index in [2.05, 4.69) is 26.3 Å². The first-order valence-corrected chi connectivity index (χ1v) is 6.97. The van der Waals surface area contributed by atoms with Crippen molar-refractivity contribution >= 4 is 21.6 Å². The Morgan fingerprint density at radius 3 is 2.90 bits per heavy atom. The van der Waals surface area contributed by atoms with E-state index < -0.39 is 0 Å². The highest BCUT2D eigenvalue weighted by molar-refractivity contribution is 9.10. The summed E-state index contributed by atoms with van der Waals surface area (Å²) in [6, 6.07) is 6.93. The normalized spacial score (nSPS) is 10.7. The van der Waals surface area contributed by atoms with E-state index >= 15 is 0 Å². The standard InChI is InChI=1S/C13H15BrN4O2/c1-17-5-3-12(16-17)2-4-15-9-10-6-11(14)8-13(7-10)18(19)20/h3,5-8,15H,2,4,9H2,1H3. The maximum Gasteiger partial charge on any atom is 0.270 e. The minimum Gasteiger partial charge on any atom is -0.312 e. The van der Waals surface area contributed by atoms with Gasteiger partial charge in [0.1, 0.15) is 0 Å². The van der Waals surface area contributed by atoms with E-state index in [0.29, 0.717) is 11.0 Å². The fourth-order valence-corrected chi connectivity index (χ4v) is 2.42. The average Bonchev–Trinajstić information content (AvgIpc) is 2.80. The lowest BCUT2D eigenvalue weighted by molar-refractivity contribution is -0.385. The van der Waals surface area contributed by atoms with Crippen LogP contribution in [0.2, 0.25) is 0 Å². The van der Waals surface area contributed by atoms with Crippen molar-refractivity contribution in [3.63, 3.8) is 0 Å². The van der Waals surface area contributed by atoms with Crippen molar-refractivity contribution in [3.8, 4) is 0 Å². The van der Waals surface area contributed by atoms with Crippen molar-refractivity contribution in [1.82, 2.24) is 15.1 Å². The number of nitrogens with one attached hydrogen (secondary N) is 1. The van der Waals surface area contributed by atoms with Crippen LogP contribution in [0.5, 0.6) is 0 Å². The summed E-state index contributed by atoms with van der Waals surface area (Å²) in [5.41, 5.74) is 2.01. The molecule has 0 bridgehead atoms. The molecular formula is C13H15BrN4O2. The van der Waals surface area contributed by atoms with E-state index in [0.717, 1.165) is 24.2 Å². The van der Waals surface area contributed by atoms with E-state index in [1.807, 2.05) is 25.4 Å². The van der Waals surface area contributed by atoms with Crippen molar-refractivity contribution in [2.75, 3.05) is 6.54 Å². The van der Waals surface area contributed by atoms with Crippen molar-refractivity contribution in [3.05, 3.63) is 56.3 Å². The van der Waals surface area contributed by atoms with Gasteiger partial charge in [0.2, 0.25) is 0 Å². The summed E-state index contributed by atoms with van der Waals surface area (Å²) < 4.78 is 2.49. The van der Waals surface area contributed by atoms with Crippen LogP contribution in [-0.2, 0) is 20.0 Å². The van der Waals surface area contributed by atoms with Crippen LogP contribution in [0.4, 0.5) is 5.69 Å². The van der Waals surface area contributed by atoms with E-state index in [1.165, 1.54) is 6.07 Å². The maximum atomic E-state index is 10.8. The van der Waals surface area contributed by atoms with Crippen molar-refractivity contribution < 1.29 is 4.92 Å². The monoisotopic (exact) mass is 338 g/mol. The summed E-state index contributed by atoms with van der Waals surface area (Å²) in [5.74, 6) is 0. The van der Waals surface area contributed by atoms with Crippen molar-refractivity contribution in [2.45, 2.75) is 13.0 Å². The summed E-state index contributed by atoms with van der Waals surface area (Å²) in [5, 5.41) is 18.3. The minimum atomic E-state index is -0.387. The Bertz CT molecular complexity index is 612. The summed E-state index contributed by atoms with van der Waals surface area (Å²) in [6.07, 6.45) is 2.74. The SMILES string of the molecule is Cn1ccc(CCNCc2cc(Br)cc([N+](=O)[O-])c2)n1. The molecule has 0 aliphatic carbocycles. The highest BCUT2D eigenvalue weighted by atomic mass is 79.9. The summed E-state index contributed by atoms with van der Waals surface area (Å²) >= 11 is 3.28. The number of non-ortho nitro benzene ring substituents is 1. The molecule has 7 heteroatoms. The molecule has 0 unspecified atom stereocenters. The van der Waals surface area contributed by atoms with Crippen LogP contribution in [0, 0.1) is 10.1 Å². The van der Waals surface area contributed by atoms with Crippen LogP contribution in [0.15, 0.2) is 34.9 Å². The number of hydrogen-bond acceptors (Lipinski definition) is 4. The fourth-order valence-electron chi connectivity index (χ4n) is 1.89. The number of nitro groups is 1. The van der Waals surface area contributed by atoms with E-state index in [1.54, 1.807) is 10.7 Å². The first-order valence-electron chi connectivity index (χ1n) is 6.18. The van der Waals surface area contributed by atoms with Gasteiger partial charge in [0.05, 0.1) is 10.6 Å². The van der Waals surface area contributed by atoms with Gasteiger partial charge in [-0.2, -0.15) is 5.10 Å². The number of nitro benzene ring substituents is 1. The maximum absolute atomic E-state index is 10.8. The molecule has 0 atom stereocenters. The molecule has 2 aromatic rings. The summed E-state index contributed by atoms with van der Waals surface area (Å²) in [6.45, 7) is 1.37. The molecule has 0 aliphatic heterocycles. The average molecular weight is 339 g/mol. The predicted octanol–water partition coefficient (Wildman–Crippen LogP) is 2.42. The fraction of sp³-hybridized carbons (Fsp3) is 0.308. The van der Waals surface area contributed by atoms with Gasteiger partial charge >= 0.3 is 0 Å². The number of aryl methyl sites for hydroxylation is 1. The van der Waals surface area contributed by atoms with Crippen LogP contribution in [0.1, 0.15) is 11.3 Å². The molecule has 1 heterocycles. The van der Waals surface area contributed by atoms with Gasteiger partial charge in [-0.15, -0.1) is 0 Å².